The number of benzene rings is 1. The Morgan fingerprint density at radius 1 is 1.06 bits per heavy atom. The van der Waals surface area contributed by atoms with Gasteiger partial charge in [-0.2, -0.15) is 0 Å². The van der Waals surface area contributed by atoms with Crippen LogP contribution in [0.5, 0.6) is 0 Å². The number of aryl methyl sites for hydroxylation is 2. The zero-order valence-corrected chi connectivity index (χ0v) is 10.6. The quantitative estimate of drug-likeness (QED) is 0.643. The van der Waals surface area contributed by atoms with Gasteiger partial charge >= 0.3 is 0 Å². The lowest BCUT2D eigenvalue weighted by atomic mass is 10.1. The lowest BCUT2D eigenvalue weighted by molar-refractivity contribution is 1.23. The summed E-state index contributed by atoms with van der Waals surface area (Å²) in [6.45, 7) is 4.23. The van der Waals surface area contributed by atoms with Crippen LogP contribution >= 0.6 is 11.3 Å². The fourth-order valence-electron chi connectivity index (χ4n) is 1.78. The van der Waals surface area contributed by atoms with E-state index in [1.807, 2.05) is 17.6 Å². The number of hydrogen-bond acceptors (Lipinski definition) is 3. The first-order valence-corrected chi connectivity index (χ1v) is 6.40. The molecule has 0 aliphatic carbocycles. The highest BCUT2D eigenvalue weighted by Gasteiger charge is 2.04. The molecular weight excluding hydrogens is 228 g/mol. The Morgan fingerprint density at radius 2 is 1.94 bits per heavy atom. The van der Waals surface area contributed by atoms with Crippen molar-refractivity contribution in [3.05, 3.63) is 47.0 Å². The maximum Gasteiger partial charge on any atom is 0.160 e. The van der Waals surface area contributed by atoms with Gasteiger partial charge in [0.15, 0.2) is 5.82 Å². The van der Waals surface area contributed by atoms with Crippen molar-refractivity contribution in [2.75, 3.05) is 0 Å². The van der Waals surface area contributed by atoms with Crippen LogP contribution in [0.2, 0.25) is 0 Å². The molecule has 17 heavy (non-hydrogen) atoms. The summed E-state index contributed by atoms with van der Waals surface area (Å²) < 4.78 is 0. The third-order valence-corrected chi connectivity index (χ3v) is 3.80. The van der Waals surface area contributed by atoms with E-state index < -0.39 is 0 Å². The fourth-order valence-corrected chi connectivity index (χ4v) is 2.52. The number of nitrogens with zero attached hydrogens (tertiary/aromatic N) is 2. The Morgan fingerprint density at radius 3 is 2.76 bits per heavy atom. The average molecular weight is 240 g/mol. The minimum absolute atomic E-state index is 0.808. The van der Waals surface area contributed by atoms with Gasteiger partial charge < -0.3 is 0 Å². The highest BCUT2D eigenvalue weighted by molar-refractivity contribution is 7.16. The SMILES string of the molecule is Cc1ccc(-c2ncc3ccsc3n2)cc1C. The van der Waals surface area contributed by atoms with Gasteiger partial charge in [0.05, 0.1) is 0 Å². The molecule has 1 aromatic carbocycles. The van der Waals surface area contributed by atoms with Crippen LogP contribution in [0.15, 0.2) is 35.8 Å². The molecule has 2 nitrogen and oxygen atoms in total. The van der Waals surface area contributed by atoms with Gasteiger partial charge in [0.1, 0.15) is 4.83 Å². The standard InChI is InChI=1S/C14H12N2S/c1-9-3-4-11(7-10(9)2)13-15-8-12-5-6-17-14(12)16-13/h3-8H,1-2H3. The third kappa shape index (κ3) is 1.83. The molecule has 0 radical (unpaired) electrons. The zero-order chi connectivity index (χ0) is 11.8. The Kier molecular flexibility index (Phi) is 2.41. The zero-order valence-electron chi connectivity index (χ0n) is 9.77. The monoisotopic (exact) mass is 240 g/mol. The predicted octanol–water partition coefficient (Wildman–Crippen LogP) is 3.98. The molecule has 84 valence electrons. The summed E-state index contributed by atoms with van der Waals surface area (Å²) in [5.74, 6) is 0.808. The number of hydrogen-bond donors (Lipinski definition) is 0. The Balaban J connectivity index is 2.16. The van der Waals surface area contributed by atoms with E-state index in [1.165, 1.54) is 11.1 Å². The van der Waals surface area contributed by atoms with Crippen molar-refractivity contribution >= 4 is 21.6 Å². The van der Waals surface area contributed by atoms with Gasteiger partial charge in [-0.25, -0.2) is 9.97 Å². The molecule has 3 heteroatoms. The normalized spacial score (nSPS) is 10.9. The summed E-state index contributed by atoms with van der Waals surface area (Å²) in [5, 5.41) is 3.16. The molecule has 0 fully saturated rings. The topological polar surface area (TPSA) is 25.8 Å². The summed E-state index contributed by atoms with van der Waals surface area (Å²) in [5.41, 5.74) is 3.66. The lowest BCUT2D eigenvalue weighted by Crippen LogP contribution is -1.89. The number of fused-ring (bicyclic) bond motifs is 1. The van der Waals surface area contributed by atoms with Crippen LogP contribution in [-0.2, 0) is 0 Å². The summed E-state index contributed by atoms with van der Waals surface area (Å²) in [4.78, 5) is 10.0. The summed E-state index contributed by atoms with van der Waals surface area (Å²) in [7, 11) is 0. The van der Waals surface area contributed by atoms with Gasteiger partial charge in [-0.1, -0.05) is 12.1 Å². The minimum atomic E-state index is 0.808. The largest absolute Gasteiger partial charge is 0.236 e. The van der Waals surface area contributed by atoms with E-state index in [0.717, 1.165) is 21.6 Å². The molecule has 0 atom stereocenters. The van der Waals surface area contributed by atoms with E-state index >= 15 is 0 Å². The second-order valence-corrected chi connectivity index (χ2v) is 5.07. The van der Waals surface area contributed by atoms with Crippen molar-refractivity contribution in [3.8, 4) is 11.4 Å². The Labute approximate surface area is 104 Å². The molecule has 0 amide bonds. The fraction of sp³-hybridized carbons (Fsp3) is 0.143. The average Bonchev–Trinajstić information content (AvgIpc) is 2.79. The molecule has 0 N–H and O–H groups in total. The van der Waals surface area contributed by atoms with E-state index in [4.69, 9.17) is 0 Å². The third-order valence-electron chi connectivity index (χ3n) is 2.97. The van der Waals surface area contributed by atoms with Gasteiger partial charge in [0.25, 0.3) is 0 Å². The summed E-state index contributed by atoms with van der Waals surface area (Å²) >= 11 is 1.65. The molecule has 3 rings (SSSR count). The van der Waals surface area contributed by atoms with Crippen molar-refractivity contribution < 1.29 is 0 Å². The first-order chi connectivity index (χ1) is 8.24. The second-order valence-electron chi connectivity index (χ2n) is 4.17. The van der Waals surface area contributed by atoms with Crippen molar-refractivity contribution in [1.82, 2.24) is 9.97 Å². The molecule has 0 spiro atoms. The molecule has 0 aliphatic heterocycles. The van der Waals surface area contributed by atoms with Crippen LogP contribution in [-0.4, -0.2) is 9.97 Å². The summed E-state index contributed by atoms with van der Waals surface area (Å²) in [6, 6.07) is 8.39. The van der Waals surface area contributed by atoms with Crippen LogP contribution in [0.1, 0.15) is 11.1 Å². The Hall–Kier alpha value is -1.74. The molecule has 2 heterocycles. The van der Waals surface area contributed by atoms with E-state index in [0.29, 0.717) is 0 Å². The lowest BCUT2D eigenvalue weighted by Gasteiger charge is -2.04. The van der Waals surface area contributed by atoms with Crippen LogP contribution in [0.4, 0.5) is 0 Å². The van der Waals surface area contributed by atoms with E-state index in [2.05, 4.69) is 42.0 Å². The second kappa shape index (κ2) is 3.93. The maximum atomic E-state index is 4.58. The molecule has 3 aromatic rings. The van der Waals surface area contributed by atoms with Crippen molar-refractivity contribution in [2.24, 2.45) is 0 Å². The smallest absolute Gasteiger partial charge is 0.160 e. The predicted molar refractivity (Wildman–Crippen MR) is 72.3 cm³/mol. The van der Waals surface area contributed by atoms with E-state index in [-0.39, 0.29) is 0 Å². The van der Waals surface area contributed by atoms with Gasteiger partial charge in [-0.15, -0.1) is 11.3 Å². The first kappa shape index (κ1) is 10.4. The molecule has 0 saturated carbocycles. The van der Waals surface area contributed by atoms with Crippen molar-refractivity contribution in [2.45, 2.75) is 13.8 Å². The van der Waals surface area contributed by atoms with Gasteiger partial charge in [0, 0.05) is 17.1 Å². The maximum absolute atomic E-state index is 4.58. The Bertz CT molecular complexity index is 686. The first-order valence-electron chi connectivity index (χ1n) is 5.52. The van der Waals surface area contributed by atoms with E-state index in [9.17, 15) is 0 Å². The molecular formula is C14H12N2S. The highest BCUT2D eigenvalue weighted by Crippen LogP contribution is 2.23. The number of rotatable bonds is 1. The van der Waals surface area contributed by atoms with Gasteiger partial charge in [0.2, 0.25) is 0 Å². The number of thiophene rings is 1. The molecule has 0 bridgehead atoms. The van der Waals surface area contributed by atoms with Crippen LogP contribution < -0.4 is 0 Å². The van der Waals surface area contributed by atoms with Crippen LogP contribution in [0, 0.1) is 13.8 Å². The minimum Gasteiger partial charge on any atom is -0.236 e. The van der Waals surface area contributed by atoms with E-state index in [1.54, 1.807) is 11.3 Å². The van der Waals surface area contributed by atoms with Crippen molar-refractivity contribution in [3.63, 3.8) is 0 Å². The highest BCUT2D eigenvalue weighted by atomic mass is 32.1. The molecule has 0 aliphatic rings. The molecule has 0 unspecified atom stereocenters. The van der Waals surface area contributed by atoms with Gasteiger partial charge in [-0.3, -0.25) is 0 Å². The van der Waals surface area contributed by atoms with Crippen LogP contribution in [0.25, 0.3) is 21.6 Å². The van der Waals surface area contributed by atoms with Crippen LogP contribution in [0.3, 0.4) is 0 Å². The molecule has 2 aromatic heterocycles. The molecule has 0 saturated heterocycles. The van der Waals surface area contributed by atoms with Crippen molar-refractivity contribution in [1.29, 1.82) is 0 Å². The summed E-state index contributed by atoms with van der Waals surface area (Å²) in [6.07, 6.45) is 1.89. The van der Waals surface area contributed by atoms with Gasteiger partial charge in [-0.05, 0) is 42.5 Å². The number of aromatic nitrogens is 2.